The summed E-state index contributed by atoms with van der Waals surface area (Å²) in [6.07, 6.45) is 0. The van der Waals surface area contributed by atoms with Crippen molar-refractivity contribution in [3.05, 3.63) is 60.2 Å². The molecule has 154 valence electrons. The van der Waals surface area contributed by atoms with Crippen molar-refractivity contribution in [2.75, 3.05) is 35.8 Å². The number of halogens is 1. The third-order valence-corrected chi connectivity index (χ3v) is 6.54. The number of sulfonamides is 1. The van der Waals surface area contributed by atoms with Gasteiger partial charge in [0.1, 0.15) is 10.7 Å². The van der Waals surface area contributed by atoms with Crippen LogP contribution in [0.4, 0.5) is 16.0 Å². The molecule has 9 nitrogen and oxygen atoms in total. The lowest BCUT2D eigenvalue weighted by atomic mass is 10.2. The standard InChI is InChI=1S/C19H17FN6O3S/c20-13-5-1-2-6-14(13)24-9-11-25(12-10-24)18(27)17-21-19-23-30(28,29)16-8-4-3-7-15(16)26(19)22-17/h1-8H,9-12H2,(H,21,22,23). The summed E-state index contributed by atoms with van der Waals surface area (Å²) in [5.41, 5.74) is 0.841. The van der Waals surface area contributed by atoms with Gasteiger partial charge in [-0.1, -0.05) is 24.3 Å². The lowest BCUT2D eigenvalue weighted by Gasteiger charge is -2.35. The lowest BCUT2D eigenvalue weighted by Crippen LogP contribution is -2.49. The van der Waals surface area contributed by atoms with E-state index in [1.807, 2.05) is 4.90 Å². The summed E-state index contributed by atoms with van der Waals surface area (Å²) >= 11 is 0. The van der Waals surface area contributed by atoms with Gasteiger partial charge in [-0.2, -0.15) is 9.67 Å². The number of benzene rings is 2. The second-order valence-electron chi connectivity index (χ2n) is 6.97. The highest BCUT2D eigenvalue weighted by molar-refractivity contribution is 7.92. The quantitative estimate of drug-likeness (QED) is 0.664. The van der Waals surface area contributed by atoms with Gasteiger partial charge < -0.3 is 9.80 Å². The van der Waals surface area contributed by atoms with Crippen molar-refractivity contribution in [1.82, 2.24) is 19.7 Å². The van der Waals surface area contributed by atoms with Gasteiger partial charge in [0.25, 0.3) is 15.9 Å². The van der Waals surface area contributed by atoms with Gasteiger partial charge in [0.15, 0.2) is 0 Å². The zero-order valence-corrected chi connectivity index (χ0v) is 16.5. The van der Waals surface area contributed by atoms with E-state index < -0.39 is 15.9 Å². The number of carbonyl (C=O) groups is 1. The zero-order chi connectivity index (χ0) is 20.9. The number of aromatic nitrogens is 3. The van der Waals surface area contributed by atoms with E-state index in [0.29, 0.717) is 37.6 Å². The van der Waals surface area contributed by atoms with Crippen molar-refractivity contribution in [1.29, 1.82) is 0 Å². The van der Waals surface area contributed by atoms with E-state index in [1.54, 1.807) is 41.3 Å². The van der Waals surface area contributed by atoms with Crippen LogP contribution >= 0.6 is 0 Å². The predicted molar refractivity (Wildman–Crippen MR) is 107 cm³/mol. The SMILES string of the molecule is O=C(c1nc2n(n1)-c1ccccc1S(=O)(=O)N2)N1CCN(c2ccccc2F)CC1. The van der Waals surface area contributed by atoms with Gasteiger partial charge >= 0.3 is 0 Å². The van der Waals surface area contributed by atoms with Crippen LogP contribution in [0.25, 0.3) is 5.69 Å². The Morgan fingerprint density at radius 1 is 0.967 bits per heavy atom. The van der Waals surface area contributed by atoms with Crippen LogP contribution in [0.15, 0.2) is 53.4 Å². The van der Waals surface area contributed by atoms with Crippen LogP contribution in [0.1, 0.15) is 10.6 Å². The minimum atomic E-state index is -3.78. The van der Waals surface area contributed by atoms with Crippen molar-refractivity contribution < 1.29 is 17.6 Å². The maximum absolute atomic E-state index is 14.0. The van der Waals surface area contributed by atoms with Gasteiger partial charge in [-0.25, -0.2) is 17.5 Å². The summed E-state index contributed by atoms with van der Waals surface area (Å²) < 4.78 is 42.5. The number of carbonyl (C=O) groups excluding carboxylic acids is 1. The molecule has 1 aromatic heterocycles. The first-order valence-electron chi connectivity index (χ1n) is 9.32. The van der Waals surface area contributed by atoms with Crippen LogP contribution in [0.2, 0.25) is 0 Å². The number of anilines is 2. The topological polar surface area (TPSA) is 100 Å². The first-order valence-corrected chi connectivity index (χ1v) is 10.8. The van der Waals surface area contributed by atoms with Gasteiger partial charge in [0.05, 0.1) is 11.4 Å². The minimum absolute atomic E-state index is 0.0259. The number of fused-ring (bicyclic) bond motifs is 3. The van der Waals surface area contributed by atoms with E-state index in [2.05, 4.69) is 14.8 Å². The summed E-state index contributed by atoms with van der Waals surface area (Å²) in [6.45, 7) is 1.68. The van der Waals surface area contributed by atoms with Gasteiger partial charge in [0, 0.05) is 26.2 Å². The first kappa shape index (κ1) is 18.6. The van der Waals surface area contributed by atoms with Gasteiger partial charge in [-0.05, 0) is 24.3 Å². The van der Waals surface area contributed by atoms with E-state index in [0.717, 1.165) is 0 Å². The molecule has 0 aliphatic carbocycles. The van der Waals surface area contributed by atoms with Crippen LogP contribution < -0.4 is 9.62 Å². The van der Waals surface area contributed by atoms with Crippen molar-refractivity contribution in [3.8, 4) is 5.69 Å². The van der Waals surface area contributed by atoms with Crippen LogP contribution in [0.5, 0.6) is 0 Å². The molecule has 0 spiro atoms. The monoisotopic (exact) mass is 428 g/mol. The molecule has 0 atom stereocenters. The fourth-order valence-corrected chi connectivity index (χ4v) is 4.84. The summed E-state index contributed by atoms with van der Waals surface area (Å²) in [5.74, 6) is -0.820. The highest BCUT2D eigenvalue weighted by Gasteiger charge is 2.32. The Labute approximate surface area is 171 Å². The number of amides is 1. The van der Waals surface area contributed by atoms with E-state index in [1.165, 1.54) is 16.8 Å². The molecule has 30 heavy (non-hydrogen) atoms. The van der Waals surface area contributed by atoms with Crippen molar-refractivity contribution >= 4 is 27.6 Å². The Balaban J connectivity index is 1.37. The molecular weight excluding hydrogens is 411 g/mol. The molecule has 1 amide bonds. The molecule has 0 bridgehead atoms. The summed E-state index contributed by atoms with van der Waals surface area (Å²) in [6, 6.07) is 12.9. The number of rotatable bonds is 2. The highest BCUT2D eigenvalue weighted by Crippen LogP contribution is 2.29. The summed E-state index contributed by atoms with van der Waals surface area (Å²) in [5, 5.41) is 4.24. The Morgan fingerprint density at radius 2 is 1.63 bits per heavy atom. The fraction of sp³-hybridized carbons (Fsp3) is 0.211. The average Bonchev–Trinajstić information content (AvgIpc) is 3.17. The molecular formula is C19H17FN6O3S. The van der Waals surface area contributed by atoms with Gasteiger partial charge in [0.2, 0.25) is 11.8 Å². The van der Waals surface area contributed by atoms with Gasteiger partial charge in [-0.15, -0.1) is 5.10 Å². The molecule has 2 aliphatic heterocycles. The molecule has 1 fully saturated rings. The number of hydrogen-bond acceptors (Lipinski definition) is 6. The maximum Gasteiger partial charge on any atom is 0.293 e. The molecule has 2 aliphatic rings. The van der Waals surface area contributed by atoms with Crippen LogP contribution in [0, 0.1) is 5.82 Å². The second-order valence-corrected chi connectivity index (χ2v) is 8.63. The fourth-order valence-electron chi connectivity index (χ4n) is 3.67. The number of para-hydroxylation sites is 2. The van der Waals surface area contributed by atoms with Crippen LogP contribution in [0.3, 0.4) is 0 Å². The van der Waals surface area contributed by atoms with Crippen molar-refractivity contribution in [2.24, 2.45) is 0 Å². The second kappa shape index (κ2) is 6.80. The maximum atomic E-state index is 14.0. The predicted octanol–water partition coefficient (Wildman–Crippen LogP) is 1.48. The molecule has 1 saturated heterocycles. The molecule has 2 aromatic carbocycles. The molecule has 0 saturated carbocycles. The van der Waals surface area contributed by atoms with Crippen molar-refractivity contribution in [2.45, 2.75) is 4.90 Å². The number of nitrogens with one attached hydrogen (secondary N) is 1. The normalized spacial score (nSPS) is 17.1. The Morgan fingerprint density at radius 3 is 2.37 bits per heavy atom. The lowest BCUT2D eigenvalue weighted by molar-refractivity contribution is 0.0734. The van der Waals surface area contributed by atoms with E-state index in [-0.39, 0.29) is 22.5 Å². The Bertz CT molecular complexity index is 1250. The largest absolute Gasteiger partial charge is 0.366 e. The Hall–Kier alpha value is -3.47. The molecule has 5 rings (SSSR count). The molecule has 3 heterocycles. The Kier molecular flexibility index (Phi) is 4.21. The number of nitrogens with zero attached hydrogens (tertiary/aromatic N) is 5. The summed E-state index contributed by atoms with van der Waals surface area (Å²) in [7, 11) is -3.78. The molecule has 0 unspecified atom stereocenters. The molecule has 1 N–H and O–H groups in total. The zero-order valence-electron chi connectivity index (χ0n) is 15.7. The van der Waals surface area contributed by atoms with Crippen LogP contribution in [-0.2, 0) is 10.0 Å². The summed E-state index contributed by atoms with van der Waals surface area (Å²) in [4.78, 5) is 20.6. The molecule has 0 radical (unpaired) electrons. The van der Waals surface area contributed by atoms with E-state index in [9.17, 15) is 17.6 Å². The smallest absolute Gasteiger partial charge is 0.293 e. The third-order valence-electron chi connectivity index (χ3n) is 5.17. The third kappa shape index (κ3) is 2.98. The minimum Gasteiger partial charge on any atom is -0.366 e. The van der Waals surface area contributed by atoms with Gasteiger partial charge in [-0.3, -0.25) is 4.79 Å². The van der Waals surface area contributed by atoms with Crippen molar-refractivity contribution in [3.63, 3.8) is 0 Å². The van der Waals surface area contributed by atoms with E-state index in [4.69, 9.17) is 0 Å². The highest BCUT2D eigenvalue weighted by atomic mass is 32.2. The number of piperazine rings is 1. The van der Waals surface area contributed by atoms with Crippen LogP contribution in [-0.4, -0.2) is 60.2 Å². The first-order chi connectivity index (χ1) is 14.4. The van der Waals surface area contributed by atoms with E-state index >= 15 is 0 Å². The molecule has 11 heteroatoms. The average molecular weight is 428 g/mol. The molecule has 3 aromatic rings. The number of hydrogen-bond donors (Lipinski definition) is 1.